The van der Waals surface area contributed by atoms with Gasteiger partial charge in [0.2, 0.25) is 5.91 Å². The average Bonchev–Trinajstić information content (AvgIpc) is 3.33. The quantitative estimate of drug-likeness (QED) is 0.795. The van der Waals surface area contributed by atoms with Crippen LogP contribution >= 0.6 is 11.8 Å². The van der Waals surface area contributed by atoms with Crippen molar-refractivity contribution < 1.29 is 9.59 Å². The van der Waals surface area contributed by atoms with Gasteiger partial charge in [0.05, 0.1) is 5.25 Å². The summed E-state index contributed by atoms with van der Waals surface area (Å²) in [5.41, 5.74) is 0. The highest BCUT2D eigenvalue weighted by atomic mass is 32.2. The second-order valence-corrected chi connectivity index (χ2v) is 8.04. The molecule has 1 aromatic rings. The summed E-state index contributed by atoms with van der Waals surface area (Å²) < 4.78 is 1.95. The number of aromatic nitrogens is 3. The van der Waals surface area contributed by atoms with Gasteiger partial charge in [0, 0.05) is 19.0 Å². The van der Waals surface area contributed by atoms with Gasteiger partial charge in [0.15, 0.2) is 5.16 Å². The van der Waals surface area contributed by atoms with Gasteiger partial charge in [-0.15, -0.1) is 10.2 Å². The highest BCUT2D eigenvalue weighted by Crippen LogP contribution is 2.39. The number of nitrogens with zero attached hydrogens (tertiary/aromatic N) is 3. The lowest BCUT2D eigenvalue weighted by Gasteiger charge is -2.23. The van der Waals surface area contributed by atoms with Crippen LogP contribution in [-0.2, 0) is 11.8 Å². The first kappa shape index (κ1) is 17.3. The smallest absolute Gasteiger partial charge is 0.321 e. The van der Waals surface area contributed by atoms with E-state index in [0.717, 1.165) is 44.3 Å². The number of thioether (sulfide) groups is 1. The van der Waals surface area contributed by atoms with Gasteiger partial charge >= 0.3 is 6.03 Å². The van der Waals surface area contributed by atoms with Gasteiger partial charge in [0.25, 0.3) is 0 Å². The lowest BCUT2D eigenvalue weighted by molar-refractivity contribution is -0.119. The Kier molecular flexibility index (Phi) is 5.43. The van der Waals surface area contributed by atoms with Crippen LogP contribution in [0.25, 0.3) is 0 Å². The van der Waals surface area contributed by atoms with E-state index in [1.807, 2.05) is 11.6 Å². The molecule has 0 spiro atoms. The zero-order valence-corrected chi connectivity index (χ0v) is 15.1. The normalized spacial score (nSPS) is 19.8. The van der Waals surface area contributed by atoms with Gasteiger partial charge in [0.1, 0.15) is 5.82 Å². The molecule has 0 bridgehead atoms. The van der Waals surface area contributed by atoms with E-state index >= 15 is 0 Å². The Morgan fingerprint density at radius 3 is 2.54 bits per heavy atom. The van der Waals surface area contributed by atoms with Crippen molar-refractivity contribution >= 4 is 23.7 Å². The van der Waals surface area contributed by atoms with Gasteiger partial charge in [-0.3, -0.25) is 10.1 Å². The Hall–Kier alpha value is -1.57. The molecule has 2 aliphatic carbocycles. The minimum Gasteiger partial charge on any atom is -0.335 e. The molecule has 24 heavy (non-hydrogen) atoms. The van der Waals surface area contributed by atoms with Crippen LogP contribution < -0.4 is 10.6 Å². The second-order valence-electron chi connectivity index (χ2n) is 6.73. The molecule has 2 N–H and O–H groups in total. The van der Waals surface area contributed by atoms with Crippen molar-refractivity contribution in [1.29, 1.82) is 0 Å². The van der Waals surface area contributed by atoms with Crippen LogP contribution in [-0.4, -0.2) is 38.0 Å². The van der Waals surface area contributed by atoms with Crippen LogP contribution in [0.5, 0.6) is 0 Å². The molecular weight excluding hydrogens is 326 g/mol. The first-order valence-electron chi connectivity index (χ1n) is 8.72. The molecule has 1 atom stereocenters. The van der Waals surface area contributed by atoms with E-state index in [4.69, 9.17) is 0 Å². The minimum absolute atomic E-state index is 0.189. The molecule has 2 saturated carbocycles. The Labute approximate surface area is 146 Å². The van der Waals surface area contributed by atoms with Gasteiger partial charge in [-0.2, -0.15) is 0 Å². The van der Waals surface area contributed by atoms with E-state index in [1.54, 1.807) is 6.92 Å². The molecule has 2 aliphatic rings. The van der Waals surface area contributed by atoms with Crippen molar-refractivity contribution in [1.82, 2.24) is 25.4 Å². The predicted molar refractivity (Wildman–Crippen MR) is 91.8 cm³/mol. The van der Waals surface area contributed by atoms with Crippen molar-refractivity contribution in [3.63, 3.8) is 0 Å². The van der Waals surface area contributed by atoms with Gasteiger partial charge < -0.3 is 9.88 Å². The van der Waals surface area contributed by atoms with Crippen molar-refractivity contribution in [2.75, 3.05) is 0 Å². The maximum absolute atomic E-state index is 12.2. The molecule has 3 rings (SSSR count). The van der Waals surface area contributed by atoms with E-state index in [2.05, 4.69) is 20.8 Å². The van der Waals surface area contributed by atoms with Crippen LogP contribution in [0.3, 0.4) is 0 Å². The first-order valence-corrected chi connectivity index (χ1v) is 9.60. The summed E-state index contributed by atoms with van der Waals surface area (Å²) in [6, 6.07) is -0.203. The molecule has 2 fully saturated rings. The predicted octanol–water partition coefficient (Wildman–Crippen LogP) is 2.33. The zero-order chi connectivity index (χ0) is 17.1. The Morgan fingerprint density at radius 1 is 1.17 bits per heavy atom. The Balaban J connectivity index is 1.48. The van der Waals surface area contributed by atoms with Crippen LogP contribution in [0.2, 0.25) is 0 Å². The number of carbonyl (C=O) groups excluding carboxylic acids is 2. The van der Waals surface area contributed by atoms with Crippen molar-refractivity contribution in [2.45, 2.75) is 74.2 Å². The van der Waals surface area contributed by atoms with E-state index in [1.165, 1.54) is 18.2 Å². The molecule has 0 saturated heterocycles. The van der Waals surface area contributed by atoms with E-state index in [0.29, 0.717) is 11.1 Å². The van der Waals surface area contributed by atoms with Gasteiger partial charge in [-0.05, 0) is 32.6 Å². The third-order valence-electron chi connectivity index (χ3n) is 4.64. The van der Waals surface area contributed by atoms with Gasteiger partial charge in [-0.1, -0.05) is 31.0 Å². The van der Waals surface area contributed by atoms with Crippen molar-refractivity contribution in [2.24, 2.45) is 7.05 Å². The molecule has 132 valence electrons. The molecule has 1 heterocycles. The molecule has 0 aromatic carbocycles. The lowest BCUT2D eigenvalue weighted by atomic mass is 9.96. The fraction of sp³-hybridized carbons (Fsp3) is 0.750. The summed E-state index contributed by atoms with van der Waals surface area (Å²) in [6.07, 6.45) is 7.82. The summed E-state index contributed by atoms with van der Waals surface area (Å²) >= 11 is 1.33. The number of hydrogen-bond donors (Lipinski definition) is 2. The third-order valence-corrected chi connectivity index (χ3v) is 5.77. The SMILES string of the molecule is C[C@H](Sc1nnc(C2CC2)n1C)C(=O)NC(=O)NC1CCCCC1. The highest BCUT2D eigenvalue weighted by Gasteiger charge is 2.30. The van der Waals surface area contributed by atoms with Crippen molar-refractivity contribution in [3.8, 4) is 0 Å². The number of nitrogens with one attached hydrogen (secondary N) is 2. The molecule has 3 amide bonds. The van der Waals surface area contributed by atoms with Gasteiger partial charge in [-0.25, -0.2) is 4.79 Å². The summed E-state index contributed by atoms with van der Waals surface area (Å²) in [7, 11) is 1.93. The summed E-state index contributed by atoms with van der Waals surface area (Å²) in [5, 5.41) is 14.0. The molecule has 1 aromatic heterocycles. The fourth-order valence-corrected chi connectivity index (χ4v) is 3.84. The monoisotopic (exact) mass is 351 g/mol. The van der Waals surface area contributed by atoms with Crippen LogP contribution in [0.1, 0.15) is 63.6 Å². The van der Waals surface area contributed by atoms with Crippen LogP contribution in [0.15, 0.2) is 5.16 Å². The van der Waals surface area contributed by atoms with E-state index in [9.17, 15) is 9.59 Å². The minimum atomic E-state index is -0.406. The molecule has 7 nitrogen and oxygen atoms in total. The molecular formula is C16H25N5O2S. The molecule has 0 aliphatic heterocycles. The van der Waals surface area contributed by atoms with E-state index in [-0.39, 0.29) is 11.9 Å². The summed E-state index contributed by atoms with van der Waals surface area (Å²) in [4.78, 5) is 24.2. The first-order chi connectivity index (χ1) is 11.5. The Bertz CT molecular complexity index is 608. The third kappa shape index (κ3) is 4.28. The zero-order valence-electron chi connectivity index (χ0n) is 14.2. The maximum Gasteiger partial charge on any atom is 0.321 e. The van der Waals surface area contributed by atoms with Crippen LogP contribution in [0, 0.1) is 0 Å². The maximum atomic E-state index is 12.2. The molecule has 0 unspecified atom stereocenters. The number of hydrogen-bond acceptors (Lipinski definition) is 5. The number of urea groups is 1. The molecule has 0 radical (unpaired) electrons. The van der Waals surface area contributed by atoms with Crippen molar-refractivity contribution in [3.05, 3.63) is 5.82 Å². The van der Waals surface area contributed by atoms with Crippen LogP contribution in [0.4, 0.5) is 4.79 Å². The number of amides is 3. The van der Waals surface area contributed by atoms with E-state index < -0.39 is 11.3 Å². The largest absolute Gasteiger partial charge is 0.335 e. The standard InChI is InChI=1S/C16H25N5O2S/c1-10(24-16-20-19-13(21(16)2)11-8-9-11)14(22)18-15(23)17-12-6-4-3-5-7-12/h10-12H,3-9H2,1-2H3,(H2,17,18,22,23)/t10-/m0/s1. The number of carbonyl (C=O) groups is 2. The summed E-state index contributed by atoms with van der Waals surface area (Å²) in [5.74, 6) is 1.20. The summed E-state index contributed by atoms with van der Waals surface area (Å²) in [6.45, 7) is 1.78. The lowest BCUT2D eigenvalue weighted by Crippen LogP contribution is -2.47. The number of imide groups is 1. The Morgan fingerprint density at radius 2 is 1.88 bits per heavy atom. The fourth-order valence-electron chi connectivity index (χ4n) is 3.02. The topological polar surface area (TPSA) is 88.9 Å². The molecule has 8 heteroatoms. The average molecular weight is 351 g/mol. The number of rotatable bonds is 5. The second kappa shape index (κ2) is 7.55. The highest BCUT2D eigenvalue weighted by molar-refractivity contribution is 8.00.